The van der Waals surface area contributed by atoms with Crippen molar-refractivity contribution in [2.45, 2.75) is 56.3 Å². The van der Waals surface area contributed by atoms with Crippen molar-refractivity contribution in [1.82, 2.24) is 16.0 Å². The van der Waals surface area contributed by atoms with E-state index < -0.39 is 72.6 Å². The Morgan fingerprint density at radius 1 is 0.833 bits per heavy atom. The molecule has 0 fully saturated rings. The first kappa shape index (κ1) is 32.4. The molecule has 0 radical (unpaired) electrons. The zero-order valence-corrected chi connectivity index (χ0v) is 20.6. The number of hydrogen-bond acceptors (Lipinski definition) is 9. The van der Waals surface area contributed by atoms with E-state index in [2.05, 4.69) is 15.6 Å². The van der Waals surface area contributed by atoms with Gasteiger partial charge in [0.25, 0.3) is 0 Å². The number of primary amides is 1. The molecule has 0 aliphatic rings. The molecule has 4 unspecified atom stereocenters. The first-order valence-electron chi connectivity index (χ1n) is 10.7. The lowest BCUT2D eigenvalue weighted by Crippen LogP contribution is -2.57. The van der Waals surface area contributed by atoms with Crippen molar-refractivity contribution >= 4 is 53.3 Å². The average molecular weight is 535 g/mol. The average Bonchev–Trinajstić information content (AvgIpc) is 2.77. The molecule has 4 atom stereocenters. The number of rotatable bonds is 18. The maximum absolute atomic E-state index is 12.9. The van der Waals surface area contributed by atoms with Gasteiger partial charge in [-0.05, 0) is 31.3 Å². The Morgan fingerprint density at radius 3 is 1.89 bits per heavy atom. The van der Waals surface area contributed by atoms with Gasteiger partial charge in [-0.1, -0.05) is 0 Å². The number of carboxylic acid groups (broad SMARTS) is 2. The van der Waals surface area contributed by atoms with Gasteiger partial charge < -0.3 is 49.1 Å². The van der Waals surface area contributed by atoms with Gasteiger partial charge in [-0.25, -0.2) is 4.79 Å². The first-order chi connectivity index (χ1) is 16.8. The highest BCUT2D eigenvalue weighted by atomic mass is 32.2. The van der Waals surface area contributed by atoms with E-state index in [0.29, 0.717) is 12.2 Å². The summed E-state index contributed by atoms with van der Waals surface area (Å²) in [4.78, 5) is 75.4. The van der Waals surface area contributed by atoms with Crippen molar-refractivity contribution < 1.29 is 39.0 Å². The van der Waals surface area contributed by atoms with Crippen molar-refractivity contribution in [2.75, 3.05) is 18.6 Å². The summed E-state index contributed by atoms with van der Waals surface area (Å²) < 4.78 is 0. The predicted octanol–water partition coefficient (Wildman–Crippen LogP) is -3.99. The minimum atomic E-state index is -1.78. The molecule has 4 amide bonds. The molecule has 0 spiro atoms. The summed E-state index contributed by atoms with van der Waals surface area (Å²) in [5.41, 5.74) is 21.5. The lowest BCUT2D eigenvalue weighted by atomic mass is 10.1. The van der Waals surface area contributed by atoms with Gasteiger partial charge in [0, 0.05) is 6.54 Å². The van der Waals surface area contributed by atoms with Crippen LogP contribution in [0.1, 0.15) is 32.1 Å². The summed E-state index contributed by atoms with van der Waals surface area (Å²) in [6.07, 6.45) is 0.652. The molecule has 0 aromatic rings. The Kier molecular flexibility index (Phi) is 15.2. The number of nitrogens with one attached hydrogen (secondary N) is 3. The Hall–Kier alpha value is -3.60. The maximum atomic E-state index is 12.9. The van der Waals surface area contributed by atoms with Gasteiger partial charge in [-0.15, -0.1) is 0 Å². The molecule has 204 valence electrons. The van der Waals surface area contributed by atoms with Crippen molar-refractivity contribution in [3.05, 3.63) is 0 Å². The monoisotopic (exact) mass is 534 g/mol. The molecule has 16 nitrogen and oxygen atoms in total. The Morgan fingerprint density at radius 2 is 1.39 bits per heavy atom. The van der Waals surface area contributed by atoms with Gasteiger partial charge in [0.15, 0.2) is 5.96 Å². The van der Waals surface area contributed by atoms with Gasteiger partial charge >= 0.3 is 11.9 Å². The van der Waals surface area contributed by atoms with Crippen LogP contribution in [0.4, 0.5) is 0 Å². The van der Waals surface area contributed by atoms with E-state index in [1.807, 2.05) is 11.6 Å². The number of carboxylic acids is 2. The van der Waals surface area contributed by atoms with Gasteiger partial charge in [0.1, 0.15) is 18.1 Å². The maximum Gasteiger partial charge on any atom is 0.326 e. The fourth-order valence-corrected chi connectivity index (χ4v) is 3.25. The predicted molar refractivity (Wildman–Crippen MR) is 130 cm³/mol. The first-order valence-corrected chi connectivity index (χ1v) is 12.1. The second-order valence-corrected chi connectivity index (χ2v) is 8.61. The third kappa shape index (κ3) is 14.0. The van der Waals surface area contributed by atoms with Crippen LogP contribution in [0, 0.1) is 0 Å². The summed E-state index contributed by atoms with van der Waals surface area (Å²) >= 11 is 1.46. The van der Waals surface area contributed by atoms with Gasteiger partial charge in [0.2, 0.25) is 23.6 Å². The molecule has 0 aliphatic carbocycles. The van der Waals surface area contributed by atoms with Crippen LogP contribution >= 0.6 is 11.8 Å². The Labute approximate surface area is 211 Å². The lowest BCUT2D eigenvalue weighted by molar-refractivity contribution is -0.147. The van der Waals surface area contributed by atoms with Crippen molar-refractivity contribution in [3.63, 3.8) is 0 Å². The fourth-order valence-electron chi connectivity index (χ4n) is 2.76. The highest BCUT2D eigenvalue weighted by Crippen LogP contribution is 2.05. The number of carbonyl (C=O) groups is 6. The van der Waals surface area contributed by atoms with E-state index in [4.69, 9.17) is 28.0 Å². The Balaban J connectivity index is 5.64. The van der Waals surface area contributed by atoms with E-state index in [1.165, 1.54) is 11.8 Å². The number of aliphatic carboxylic acids is 2. The van der Waals surface area contributed by atoms with Crippen LogP contribution in [0.15, 0.2) is 4.99 Å². The SMILES string of the molecule is CSCCC(N)C(=O)NC(CC(N)=O)C(=O)NC(CCCN=C(N)N)C(=O)NC(CC(=O)O)C(=O)O. The second-order valence-electron chi connectivity index (χ2n) is 7.63. The van der Waals surface area contributed by atoms with Crippen LogP contribution < -0.4 is 38.9 Å². The van der Waals surface area contributed by atoms with E-state index in [-0.39, 0.29) is 25.3 Å². The lowest BCUT2D eigenvalue weighted by Gasteiger charge is -2.24. The normalized spacial score (nSPS) is 13.8. The largest absolute Gasteiger partial charge is 0.481 e. The molecule has 0 heterocycles. The second kappa shape index (κ2) is 16.9. The van der Waals surface area contributed by atoms with Crippen LogP contribution in [0.2, 0.25) is 0 Å². The van der Waals surface area contributed by atoms with E-state index >= 15 is 0 Å². The molecule has 17 heteroatoms. The topological polar surface area (TPSA) is 295 Å². The smallest absolute Gasteiger partial charge is 0.326 e. The van der Waals surface area contributed by atoms with Gasteiger partial charge in [-0.2, -0.15) is 11.8 Å². The molecule has 0 bridgehead atoms. The molecule has 13 N–H and O–H groups in total. The third-order valence-electron chi connectivity index (χ3n) is 4.58. The van der Waals surface area contributed by atoms with Gasteiger partial charge in [0.05, 0.1) is 18.9 Å². The van der Waals surface area contributed by atoms with Gasteiger partial charge in [-0.3, -0.25) is 29.0 Å². The molecular weight excluding hydrogens is 500 g/mol. The molecule has 0 aromatic heterocycles. The summed E-state index contributed by atoms with van der Waals surface area (Å²) in [6.45, 7) is 0.0607. The summed E-state index contributed by atoms with van der Waals surface area (Å²) in [5.74, 6) is -6.34. The zero-order valence-electron chi connectivity index (χ0n) is 19.8. The highest BCUT2D eigenvalue weighted by Gasteiger charge is 2.31. The molecule has 0 saturated carbocycles. The quantitative estimate of drug-likeness (QED) is 0.0462. The number of hydrogen-bond donors (Lipinski definition) is 9. The summed E-state index contributed by atoms with van der Waals surface area (Å²) in [7, 11) is 0. The summed E-state index contributed by atoms with van der Waals surface area (Å²) in [5, 5.41) is 24.8. The molecular formula is C19H34N8O8S. The number of carbonyl (C=O) groups excluding carboxylic acids is 4. The molecule has 0 saturated heterocycles. The van der Waals surface area contributed by atoms with E-state index in [0.717, 1.165) is 0 Å². The molecule has 0 aliphatic heterocycles. The number of guanidine groups is 1. The number of nitrogens with zero attached hydrogens (tertiary/aromatic N) is 1. The molecule has 0 aromatic carbocycles. The van der Waals surface area contributed by atoms with Crippen LogP contribution in [-0.2, 0) is 28.8 Å². The highest BCUT2D eigenvalue weighted by molar-refractivity contribution is 7.98. The number of amides is 4. The zero-order chi connectivity index (χ0) is 27.8. The minimum absolute atomic E-state index is 0.0607. The molecule has 0 rings (SSSR count). The van der Waals surface area contributed by atoms with E-state index in [9.17, 15) is 33.9 Å². The van der Waals surface area contributed by atoms with Crippen LogP contribution in [-0.4, -0.2) is 94.5 Å². The third-order valence-corrected chi connectivity index (χ3v) is 5.22. The Bertz CT molecular complexity index is 836. The summed E-state index contributed by atoms with van der Waals surface area (Å²) in [6, 6.07) is -5.60. The molecule has 36 heavy (non-hydrogen) atoms. The van der Waals surface area contributed by atoms with Crippen LogP contribution in [0.25, 0.3) is 0 Å². The van der Waals surface area contributed by atoms with Crippen LogP contribution in [0.3, 0.4) is 0 Å². The number of aliphatic imine (C=N–C) groups is 1. The standard InChI is InChI=1S/C19H34N8O8S/c1-36-6-4-9(20)15(31)26-11(7-13(21)28)17(33)25-10(3-2-5-24-19(22)23)16(32)27-12(18(34)35)8-14(29)30/h9-12H,2-8,20H2,1H3,(H2,21,28)(H,25,33)(H,26,31)(H,27,32)(H,29,30)(H,34,35)(H4,22,23,24). The number of thioether (sulfide) groups is 1. The van der Waals surface area contributed by atoms with Crippen molar-refractivity contribution in [3.8, 4) is 0 Å². The number of nitrogens with two attached hydrogens (primary N) is 4. The fraction of sp³-hybridized carbons (Fsp3) is 0.632. The van der Waals surface area contributed by atoms with Crippen LogP contribution in [0.5, 0.6) is 0 Å². The minimum Gasteiger partial charge on any atom is -0.481 e. The van der Waals surface area contributed by atoms with Crippen molar-refractivity contribution in [2.24, 2.45) is 27.9 Å². The van der Waals surface area contributed by atoms with E-state index in [1.54, 1.807) is 0 Å². The van der Waals surface area contributed by atoms with Crippen molar-refractivity contribution in [1.29, 1.82) is 0 Å².